The standard InChI is InChI=1S/C12H17ClN2O2/c1-9(3-5-13)7-15-12(16)10-4-6-14-8-11(10)17-2/h4,6,8-9H,3,5,7H2,1-2H3,(H,15,16). The normalized spacial score (nSPS) is 11.9. The number of nitrogens with zero attached hydrogens (tertiary/aromatic N) is 1. The van der Waals surface area contributed by atoms with Crippen LogP contribution in [0.15, 0.2) is 18.5 Å². The molecule has 4 nitrogen and oxygen atoms in total. The number of methoxy groups -OCH3 is 1. The van der Waals surface area contributed by atoms with E-state index in [-0.39, 0.29) is 5.91 Å². The number of carbonyl (C=O) groups excluding carboxylic acids is 1. The molecule has 1 rings (SSSR count). The molecular weight excluding hydrogens is 240 g/mol. The van der Waals surface area contributed by atoms with Gasteiger partial charge >= 0.3 is 0 Å². The predicted octanol–water partition coefficient (Wildman–Crippen LogP) is 2.08. The molecule has 0 aromatic carbocycles. The Morgan fingerprint density at radius 2 is 2.41 bits per heavy atom. The van der Waals surface area contributed by atoms with E-state index < -0.39 is 0 Å². The van der Waals surface area contributed by atoms with Crippen molar-refractivity contribution >= 4 is 17.5 Å². The first-order valence-corrected chi connectivity index (χ1v) is 6.04. The number of halogens is 1. The molecule has 0 spiro atoms. The van der Waals surface area contributed by atoms with Gasteiger partial charge in [0.2, 0.25) is 0 Å². The van der Waals surface area contributed by atoms with Crippen molar-refractivity contribution < 1.29 is 9.53 Å². The quantitative estimate of drug-likeness (QED) is 0.793. The van der Waals surface area contributed by atoms with E-state index in [2.05, 4.69) is 10.3 Å². The highest BCUT2D eigenvalue weighted by molar-refractivity contribution is 6.17. The largest absolute Gasteiger partial charge is 0.494 e. The third kappa shape index (κ3) is 4.23. The third-order valence-corrected chi connectivity index (χ3v) is 2.68. The molecule has 94 valence electrons. The monoisotopic (exact) mass is 256 g/mol. The Labute approximate surface area is 106 Å². The summed E-state index contributed by atoms with van der Waals surface area (Å²) in [5.74, 6) is 1.31. The molecule has 0 aliphatic carbocycles. The second kappa shape index (κ2) is 7.12. The SMILES string of the molecule is COc1cnccc1C(=O)NCC(C)CCCl. The van der Waals surface area contributed by atoms with E-state index in [1.165, 1.54) is 13.3 Å². The zero-order valence-corrected chi connectivity index (χ0v) is 10.8. The third-order valence-electron chi connectivity index (χ3n) is 2.46. The molecule has 1 heterocycles. The van der Waals surface area contributed by atoms with Gasteiger partial charge in [0.05, 0.1) is 18.9 Å². The zero-order chi connectivity index (χ0) is 12.7. The molecular formula is C12H17ClN2O2. The number of hydrogen-bond acceptors (Lipinski definition) is 3. The van der Waals surface area contributed by atoms with Gasteiger partial charge in [-0.1, -0.05) is 6.92 Å². The van der Waals surface area contributed by atoms with Crippen LogP contribution in [0.3, 0.4) is 0 Å². The first kappa shape index (κ1) is 13.8. The number of nitrogens with one attached hydrogen (secondary N) is 1. The van der Waals surface area contributed by atoms with E-state index >= 15 is 0 Å². The molecule has 1 aromatic heterocycles. The topological polar surface area (TPSA) is 51.2 Å². The number of pyridine rings is 1. The van der Waals surface area contributed by atoms with Crippen LogP contribution in [0.1, 0.15) is 23.7 Å². The number of amides is 1. The zero-order valence-electron chi connectivity index (χ0n) is 10.1. The number of rotatable bonds is 6. The highest BCUT2D eigenvalue weighted by Gasteiger charge is 2.12. The summed E-state index contributed by atoms with van der Waals surface area (Å²) in [5, 5.41) is 2.85. The number of hydrogen-bond donors (Lipinski definition) is 1. The molecule has 0 saturated carbocycles. The van der Waals surface area contributed by atoms with E-state index in [4.69, 9.17) is 16.3 Å². The molecule has 5 heteroatoms. The molecule has 0 bridgehead atoms. The highest BCUT2D eigenvalue weighted by atomic mass is 35.5. The van der Waals surface area contributed by atoms with Crippen molar-refractivity contribution in [2.24, 2.45) is 5.92 Å². The van der Waals surface area contributed by atoms with Crippen molar-refractivity contribution in [3.8, 4) is 5.75 Å². The lowest BCUT2D eigenvalue weighted by Gasteiger charge is -2.12. The van der Waals surface area contributed by atoms with Crippen LogP contribution in [0.4, 0.5) is 0 Å². The average Bonchev–Trinajstić information content (AvgIpc) is 2.36. The van der Waals surface area contributed by atoms with Crippen molar-refractivity contribution in [3.63, 3.8) is 0 Å². The number of carbonyl (C=O) groups is 1. The molecule has 0 aliphatic heterocycles. The summed E-state index contributed by atoms with van der Waals surface area (Å²) in [6.45, 7) is 2.66. The van der Waals surface area contributed by atoms with Crippen molar-refractivity contribution in [1.82, 2.24) is 10.3 Å². The van der Waals surface area contributed by atoms with Crippen molar-refractivity contribution in [3.05, 3.63) is 24.0 Å². The Balaban J connectivity index is 2.58. The predicted molar refractivity (Wildman–Crippen MR) is 67.6 cm³/mol. The van der Waals surface area contributed by atoms with Crippen LogP contribution in [0.25, 0.3) is 0 Å². The maximum absolute atomic E-state index is 11.9. The van der Waals surface area contributed by atoms with Crippen molar-refractivity contribution in [1.29, 1.82) is 0 Å². The lowest BCUT2D eigenvalue weighted by atomic mass is 10.1. The average molecular weight is 257 g/mol. The van der Waals surface area contributed by atoms with Crippen molar-refractivity contribution in [2.45, 2.75) is 13.3 Å². The Hall–Kier alpha value is -1.29. The number of aromatic nitrogens is 1. The van der Waals surface area contributed by atoms with E-state index in [1.807, 2.05) is 6.92 Å². The number of alkyl halides is 1. The lowest BCUT2D eigenvalue weighted by Crippen LogP contribution is -2.28. The molecule has 1 aromatic rings. The summed E-state index contributed by atoms with van der Waals surface area (Å²) in [5.41, 5.74) is 0.501. The van der Waals surface area contributed by atoms with Gasteiger partial charge in [-0.2, -0.15) is 0 Å². The molecule has 0 fully saturated rings. The fourth-order valence-electron chi connectivity index (χ4n) is 1.38. The Morgan fingerprint density at radius 3 is 3.06 bits per heavy atom. The van der Waals surface area contributed by atoms with Crippen molar-refractivity contribution in [2.75, 3.05) is 19.5 Å². The van der Waals surface area contributed by atoms with Crippen LogP contribution in [0, 0.1) is 5.92 Å². The molecule has 1 unspecified atom stereocenters. The Kier molecular flexibility index (Phi) is 5.77. The van der Waals surface area contributed by atoms with Gasteiger partial charge in [0.15, 0.2) is 0 Å². The molecule has 1 atom stereocenters. The van der Waals surface area contributed by atoms with Crippen LogP contribution in [-0.4, -0.2) is 30.4 Å². The van der Waals surface area contributed by atoms with E-state index in [1.54, 1.807) is 12.3 Å². The molecule has 17 heavy (non-hydrogen) atoms. The summed E-state index contributed by atoms with van der Waals surface area (Å²) in [7, 11) is 1.52. The van der Waals surface area contributed by atoms with Crippen LogP contribution in [0.5, 0.6) is 5.75 Å². The number of ether oxygens (including phenoxy) is 1. The Bertz CT molecular complexity index is 371. The summed E-state index contributed by atoms with van der Waals surface area (Å²) in [6, 6.07) is 1.64. The smallest absolute Gasteiger partial charge is 0.255 e. The maximum atomic E-state index is 11.9. The summed E-state index contributed by atoms with van der Waals surface area (Å²) in [4.78, 5) is 15.8. The van der Waals surface area contributed by atoms with Gasteiger partial charge in [-0.15, -0.1) is 11.6 Å². The fourth-order valence-corrected chi connectivity index (χ4v) is 1.75. The first-order valence-electron chi connectivity index (χ1n) is 5.51. The lowest BCUT2D eigenvalue weighted by molar-refractivity contribution is 0.0944. The molecule has 1 N–H and O–H groups in total. The van der Waals surface area contributed by atoms with Gasteiger partial charge < -0.3 is 10.1 Å². The second-order valence-electron chi connectivity index (χ2n) is 3.87. The van der Waals surface area contributed by atoms with Crippen LogP contribution in [-0.2, 0) is 0 Å². The molecule has 0 aliphatic rings. The fraction of sp³-hybridized carbons (Fsp3) is 0.500. The molecule has 0 saturated heterocycles. The van der Waals surface area contributed by atoms with Crippen LogP contribution >= 0.6 is 11.6 Å². The maximum Gasteiger partial charge on any atom is 0.255 e. The van der Waals surface area contributed by atoms with Gasteiger partial charge in [-0.05, 0) is 18.4 Å². The van der Waals surface area contributed by atoms with Gasteiger partial charge in [-0.3, -0.25) is 9.78 Å². The van der Waals surface area contributed by atoms with Crippen LogP contribution in [0.2, 0.25) is 0 Å². The van der Waals surface area contributed by atoms with Gasteiger partial charge in [0, 0.05) is 18.6 Å². The van der Waals surface area contributed by atoms with E-state index in [9.17, 15) is 4.79 Å². The molecule has 1 amide bonds. The minimum atomic E-state index is -0.148. The van der Waals surface area contributed by atoms with Gasteiger partial charge in [-0.25, -0.2) is 0 Å². The minimum absolute atomic E-state index is 0.148. The first-order chi connectivity index (χ1) is 8.19. The summed E-state index contributed by atoms with van der Waals surface area (Å²) < 4.78 is 5.08. The van der Waals surface area contributed by atoms with E-state index in [0.29, 0.717) is 29.7 Å². The highest BCUT2D eigenvalue weighted by Crippen LogP contribution is 2.15. The van der Waals surface area contributed by atoms with E-state index in [0.717, 1.165) is 6.42 Å². The molecule has 0 radical (unpaired) electrons. The Morgan fingerprint density at radius 1 is 1.65 bits per heavy atom. The summed E-state index contributed by atoms with van der Waals surface area (Å²) >= 11 is 5.64. The second-order valence-corrected chi connectivity index (χ2v) is 4.25. The van der Waals surface area contributed by atoms with Crippen LogP contribution < -0.4 is 10.1 Å². The van der Waals surface area contributed by atoms with Gasteiger partial charge in [0.25, 0.3) is 5.91 Å². The minimum Gasteiger partial charge on any atom is -0.494 e. The van der Waals surface area contributed by atoms with Gasteiger partial charge in [0.1, 0.15) is 5.75 Å². The summed E-state index contributed by atoms with van der Waals surface area (Å²) in [6.07, 6.45) is 3.98.